The van der Waals surface area contributed by atoms with Crippen LogP contribution in [0.4, 0.5) is 4.39 Å². The second kappa shape index (κ2) is 7.62. The van der Waals surface area contributed by atoms with Crippen LogP contribution in [-0.2, 0) is 4.79 Å². The number of carbonyl (C=O) groups excluding carboxylic acids is 1. The fourth-order valence-electron chi connectivity index (χ4n) is 3.33. The summed E-state index contributed by atoms with van der Waals surface area (Å²) in [5, 5.41) is 3.10. The third-order valence-corrected chi connectivity index (χ3v) is 5.23. The monoisotopic (exact) mass is 333 g/mol. The Morgan fingerprint density at radius 3 is 2.38 bits per heavy atom. The smallest absolute Gasteiger partial charge is 0.237 e. The van der Waals surface area contributed by atoms with Gasteiger partial charge in [0.1, 0.15) is 5.82 Å². The Morgan fingerprint density at radius 1 is 1.17 bits per heavy atom. The SMILES string of the molecule is C[C@H](CN1CCN([C@@H](C)C(=O)NC2CC2)CC1)c1ccc(F)cc1. The normalized spacial score (nSPS) is 22.1. The molecular weight excluding hydrogens is 305 g/mol. The summed E-state index contributed by atoms with van der Waals surface area (Å²) in [6, 6.07) is 7.20. The minimum atomic E-state index is -0.182. The van der Waals surface area contributed by atoms with Gasteiger partial charge in [-0.05, 0) is 43.4 Å². The third kappa shape index (κ3) is 4.54. The zero-order valence-electron chi connectivity index (χ0n) is 14.7. The average Bonchev–Trinajstić information content (AvgIpc) is 3.39. The highest BCUT2D eigenvalue weighted by Gasteiger charge is 2.30. The van der Waals surface area contributed by atoms with E-state index in [1.807, 2.05) is 19.1 Å². The summed E-state index contributed by atoms with van der Waals surface area (Å²) in [5.74, 6) is 0.372. The zero-order valence-corrected chi connectivity index (χ0v) is 14.7. The molecule has 2 atom stereocenters. The molecule has 1 aliphatic carbocycles. The molecule has 1 saturated heterocycles. The van der Waals surface area contributed by atoms with Gasteiger partial charge in [0.05, 0.1) is 6.04 Å². The lowest BCUT2D eigenvalue weighted by Crippen LogP contribution is -2.54. The van der Waals surface area contributed by atoms with Gasteiger partial charge in [0.15, 0.2) is 0 Å². The molecule has 0 aromatic heterocycles. The maximum atomic E-state index is 13.0. The highest BCUT2D eigenvalue weighted by molar-refractivity contribution is 5.81. The number of piperazine rings is 1. The Hall–Kier alpha value is -1.46. The van der Waals surface area contributed by atoms with E-state index < -0.39 is 0 Å². The first-order valence-corrected chi connectivity index (χ1v) is 9.05. The van der Waals surface area contributed by atoms with Crippen LogP contribution in [0.3, 0.4) is 0 Å². The molecule has 2 fully saturated rings. The number of rotatable bonds is 6. The molecule has 1 heterocycles. The molecule has 3 rings (SSSR count). The molecule has 0 unspecified atom stereocenters. The lowest BCUT2D eigenvalue weighted by molar-refractivity contribution is -0.126. The predicted octanol–water partition coefficient (Wildman–Crippen LogP) is 2.21. The molecule has 5 heteroatoms. The maximum Gasteiger partial charge on any atom is 0.237 e. The Balaban J connectivity index is 1.44. The number of nitrogens with one attached hydrogen (secondary N) is 1. The zero-order chi connectivity index (χ0) is 17.1. The molecule has 1 N–H and O–H groups in total. The fourth-order valence-corrected chi connectivity index (χ4v) is 3.33. The van der Waals surface area contributed by atoms with Crippen LogP contribution >= 0.6 is 0 Å². The summed E-state index contributed by atoms with van der Waals surface area (Å²) < 4.78 is 13.0. The van der Waals surface area contributed by atoms with Crippen molar-refractivity contribution in [1.82, 2.24) is 15.1 Å². The van der Waals surface area contributed by atoms with E-state index in [0.717, 1.165) is 45.6 Å². The van der Waals surface area contributed by atoms with Gasteiger partial charge in [-0.1, -0.05) is 19.1 Å². The first-order chi connectivity index (χ1) is 11.5. The van der Waals surface area contributed by atoms with E-state index in [1.54, 1.807) is 0 Å². The Kier molecular flexibility index (Phi) is 5.51. The van der Waals surface area contributed by atoms with Crippen molar-refractivity contribution in [3.05, 3.63) is 35.6 Å². The van der Waals surface area contributed by atoms with E-state index in [2.05, 4.69) is 22.0 Å². The van der Waals surface area contributed by atoms with Crippen LogP contribution in [0.5, 0.6) is 0 Å². The number of amides is 1. The summed E-state index contributed by atoms with van der Waals surface area (Å²) in [7, 11) is 0. The van der Waals surface area contributed by atoms with Gasteiger partial charge in [-0.15, -0.1) is 0 Å². The molecule has 2 aliphatic rings. The highest BCUT2D eigenvalue weighted by Crippen LogP contribution is 2.20. The molecule has 0 radical (unpaired) electrons. The van der Waals surface area contributed by atoms with Crippen molar-refractivity contribution in [3.8, 4) is 0 Å². The van der Waals surface area contributed by atoms with Crippen molar-refractivity contribution in [2.24, 2.45) is 0 Å². The molecule has 1 saturated carbocycles. The largest absolute Gasteiger partial charge is 0.352 e. The minimum Gasteiger partial charge on any atom is -0.352 e. The van der Waals surface area contributed by atoms with Crippen molar-refractivity contribution in [1.29, 1.82) is 0 Å². The Labute approximate surface area is 144 Å². The van der Waals surface area contributed by atoms with Crippen molar-refractivity contribution in [2.75, 3.05) is 32.7 Å². The van der Waals surface area contributed by atoms with Crippen molar-refractivity contribution in [2.45, 2.75) is 44.7 Å². The number of hydrogen-bond acceptors (Lipinski definition) is 3. The second-order valence-electron chi connectivity index (χ2n) is 7.25. The summed E-state index contributed by atoms with van der Waals surface area (Å²) in [5.41, 5.74) is 1.18. The van der Waals surface area contributed by atoms with E-state index in [4.69, 9.17) is 0 Å². The van der Waals surface area contributed by atoms with Gasteiger partial charge in [0.25, 0.3) is 0 Å². The van der Waals surface area contributed by atoms with Crippen LogP contribution < -0.4 is 5.32 Å². The van der Waals surface area contributed by atoms with E-state index in [1.165, 1.54) is 17.7 Å². The first-order valence-electron chi connectivity index (χ1n) is 9.05. The molecule has 1 aromatic rings. The van der Waals surface area contributed by atoms with Crippen LogP contribution in [0.25, 0.3) is 0 Å². The van der Waals surface area contributed by atoms with E-state index in [0.29, 0.717) is 12.0 Å². The molecule has 132 valence electrons. The number of halogens is 1. The van der Waals surface area contributed by atoms with Crippen LogP contribution in [-0.4, -0.2) is 60.5 Å². The molecule has 1 aliphatic heterocycles. The number of carbonyl (C=O) groups is 1. The summed E-state index contributed by atoms with van der Waals surface area (Å²) in [6.45, 7) is 8.98. The maximum absolute atomic E-state index is 13.0. The lowest BCUT2D eigenvalue weighted by Gasteiger charge is -2.38. The highest BCUT2D eigenvalue weighted by atomic mass is 19.1. The van der Waals surface area contributed by atoms with Gasteiger partial charge in [0.2, 0.25) is 5.91 Å². The van der Waals surface area contributed by atoms with Crippen LogP contribution in [0.15, 0.2) is 24.3 Å². The molecule has 0 spiro atoms. The topological polar surface area (TPSA) is 35.6 Å². The van der Waals surface area contributed by atoms with Gasteiger partial charge in [-0.2, -0.15) is 0 Å². The van der Waals surface area contributed by atoms with Crippen molar-refractivity contribution >= 4 is 5.91 Å². The molecule has 24 heavy (non-hydrogen) atoms. The van der Waals surface area contributed by atoms with E-state index in [-0.39, 0.29) is 17.8 Å². The first kappa shape index (κ1) is 17.4. The minimum absolute atomic E-state index is 0.0396. The van der Waals surface area contributed by atoms with Crippen LogP contribution in [0.2, 0.25) is 0 Å². The lowest BCUT2D eigenvalue weighted by atomic mass is 10.0. The summed E-state index contributed by atoms with van der Waals surface area (Å²) in [4.78, 5) is 16.9. The molecule has 0 bridgehead atoms. The summed E-state index contributed by atoms with van der Waals surface area (Å²) >= 11 is 0. The Morgan fingerprint density at radius 2 is 1.79 bits per heavy atom. The number of hydrogen-bond donors (Lipinski definition) is 1. The molecular formula is C19H28FN3O. The van der Waals surface area contributed by atoms with Crippen molar-refractivity contribution in [3.63, 3.8) is 0 Å². The standard InChI is InChI=1S/C19H28FN3O/c1-14(16-3-5-17(20)6-4-16)13-22-9-11-23(12-10-22)15(2)19(24)21-18-7-8-18/h3-6,14-15,18H,7-13H2,1-2H3,(H,21,24)/t14-,15+/m1/s1. The van der Waals surface area contributed by atoms with Crippen LogP contribution in [0.1, 0.15) is 38.2 Å². The fraction of sp³-hybridized carbons (Fsp3) is 0.632. The summed E-state index contributed by atoms with van der Waals surface area (Å²) in [6.07, 6.45) is 2.26. The van der Waals surface area contributed by atoms with Crippen molar-refractivity contribution < 1.29 is 9.18 Å². The second-order valence-corrected chi connectivity index (χ2v) is 7.25. The van der Waals surface area contributed by atoms with E-state index >= 15 is 0 Å². The van der Waals surface area contributed by atoms with Crippen LogP contribution in [0, 0.1) is 5.82 Å². The number of nitrogens with zero attached hydrogens (tertiary/aromatic N) is 2. The molecule has 1 amide bonds. The van der Waals surface area contributed by atoms with Gasteiger partial charge in [0, 0.05) is 38.8 Å². The van der Waals surface area contributed by atoms with Gasteiger partial charge in [-0.3, -0.25) is 9.69 Å². The van der Waals surface area contributed by atoms with Gasteiger partial charge < -0.3 is 10.2 Å². The Bertz CT molecular complexity index is 550. The molecule has 4 nitrogen and oxygen atoms in total. The number of benzene rings is 1. The quantitative estimate of drug-likeness (QED) is 0.867. The third-order valence-electron chi connectivity index (χ3n) is 5.23. The van der Waals surface area contributed by atoms with Gasteiger partial charge >= 0.3 is 0 Å². The average molecular weight is 333 g/mol. The molecule has 1 aromatic carbocycles. The van der Waals surface area contributed by atoms with Gasteiger partial charge in [-0.25, -0.2) is 4.39 Å². The van der Waals surface area contributed by atoms with E-state index in [9.17, 15) is 9.18 Å². The predicted molar refractivity (Wildman–Crippen MR) is 93.5 cm³/mol.